The highest BCUT2D eigenvalue weighted by molar-refractivity contribution is 5.91. The fourth-order valence-corrected chi connectivity index (χ4v) is 4.85. The number of carbonyl (C=O) groups is 2. The van der Waals surface area contributed by atoms with Crippen molar-refractivity contribution < 1.29 is 19.4 Å². The van der Waals surface area contributed by atoms with E-state index in [-0.39, 0.29) is 11.9 Å². The molecule has 4 atom stereocenters. The van der Waals surface area contributed by atoms with Gasteiger partial charge < -0.3 is 14.7 Å². The van der Waals surface area contributed by atoms with E-state index < -0.39 is 29.5 Å². The van der Waals surface area contributed by atoms with Gasteiger partial charge in [0.2, 0.25) is 5.91 Å². The molecular formula is C22H19NO4. The van der Waals surface area contributed by atoms with Gasteiger partial charge in [0.05, 0.1) is 24.6 Å². The number of rotatable bonds is 4. The van der Waals surface area contributed by atoms with Crippen molar-refractivity contribution in [3.63, 3.8) is 0 Å². The van der Waals surface area contributed by atoms with Crippen molar-refractivity contribution in [2.45, 2.75) is 17.7 Å². The Morgan fingerprint density at radius 2 is 1.67 bits per heavy atom. The van der Waals surface area contributed by atoms with Crippen LogP contribution in [0.4, 0.5) is 0 Å². The maximum Gasteiger partial charge on any atom is 0.310 e. The quantitative estimate of drug-likeness (QED) is 0.850. The zero-order chi connectivity index (χ0) is 18.6. The van der Waals surface area contributed by atoms with Gasteiger partial charge in [-0.15, -0.1) is 0 Å². The molecule has 2 bridgehead atoms. The number of carboxylic acids is 1. The molecule has 3 heterocycles. The first-order valence-electron chi connectivity index (χ1n) is 9.11. The van der Waals surface area contributed by atoms with Crippen molar-refractivity contribution in [2.75, 3.05) is 6.54 Å². The first-order valence-corrected chi connectivity index (χ1v) is 9.11. The van der Waals surface area contributed by atoms with Crippen LogP contribution in [0.25, 0.3) is 0 Å². The molecule has 2 aromatic rings. The molecule has 136 valence electrons. The lowest BCUT2D eigenvalue weighted by Crippen LogP contribution is -2.39. The third-order valence-corrected chi connectivity index (χ3v) is 5.96. The average molecular weight is 361 g/mol. The van der Waals surface area contributed by atoms with Crippen LogP contribution in [0.3, 0.4) is 0 Å². The fourth-order valence-electron chi connectivity index (χ4n) is 4.85. The number of carbonyl (C=O) groups excluding carboxylic acids is 1. The predicted molar refractivity (Wildman–Crippen MR) is 97.8 cm³/mol. The van der Waals surface area contributed by atoms with E-state index in [1.807, 2.05) is 66.7 Å². The van der Waals surface area contributed by atoms with Gasteiger partial charge in [-0.25, -0.2) is 0 Å². The molecule has 5 heteroatoms. The molecule has 0 saturated carbocycles. The SMILES string of the molecule is O=C(O)C1C2C=CC3(CN(C(c4ccccc4)c4ccccc4)C(=O)C13)O2. The highest BCUT2D eigenvalue weighted by atomic mass is 16.5. The molecule has 3 aliphatic heterocycles. The lowest BCUT2D eigenvalue weighted by molar-refractivity contribution is -0.148. The molecule has 1 amide bonds. The Bertz CT molecular complexity index is 886. The molecule has 3 aliphatic rings. The molecule has 0 aliphatic carbocycles. The van der Waals surface area contributed by atoms with E-state index >= 15 is 0 Å². The van der Waals surface area contributed by atoms with Gasteiger partial charge >= 0.3 is 5.97 Å². The normalized spacial score (nSPS) is 30.9. The molecule has 2 fully saturated rings. The Kier molecular flexibility index (Phi) is 3.49. The highest BCUT2D eigenvalue weighted by Crippen LogP contribution is 2.53. The zero-order valence-electron chi connectivity index (χ0n) is 14.6. The number of hydrogen-bond donors (Lipinski definition) is 1. The van der Waals surface area contributed by atoms with Gasteiger partial charge in [-0.05, 0) is 11.1 Å². The van der Waals surface area contributed by atoms with Crippen molar-refractivity contribution >= 4 is 11.9 Å². The number of amides is 1. The summed E-state index contributed by atoms with van der Waals surface area (Å²) in [4.78, 5) is 27.0. The maximum absolute atomic E-state index is 13.4. The van der Waals surface area contributed by atoms with E-state index in [2.05, 4.69) is 0 Å². The molecular weight excluding hydrogens is 342 g/mol. The van der Waals surface area contributed by atoms with E-state index in [1.54, 1.807) is 11.0 Å². The van der Waals surface area contributed by atoms with Crippen LogP contribution in [0.2, 0.25) is 0 Å². The zero-order valence-corrected chi connectivity index (χ0v) is 14.6. The number of benzene rings is 2. The van der Waals surface area contributed by atoms with Gasteiger partial charge in [-0.1, -0.05) is 72.8 Å². The second-order valence-electron chi connectivity index (χ2n) is 7.43. The van der Waals surface area contributed by atoms with E-state index in [9.17, 15) is 14.7 Å². The summed E-state index contributed by atoms with van der Waals surface area (Å²) in [5, 5.41) is 9.67. The van der Waals surface area contributed by atoms with Gasteiger partial charge in [-0.3, -0.25) is 9.59 Å². The van der Waals surface area contributed by atoms with Crippen molar-refractivity contribution in [1.29, 1.82) is 0 Å². The van der Waals surface area contributed by atoms with Crippen LogP contribution in [-0.2, 0) is 14.3 Å². The Morgan fingerprint density at radius 3 is 2.22 bits per heavy atom. The van der Waals surface area contributed by atoms with E-state index in [0.29, 0.717) is 6.54 Å². The standard InChI is InChI=1S/C22H19NO4/c24-20-18-17(21(25)26)16-11-12-22(18,27-16)13-23(20)19(14-7-3-1-4-8-14)15-9-5-2-6-10-15/h1-12,16-19H,13H2,(H,25,26). The summed E-state index contributed by atoms with van der Waals surface area (Å²) in [7, 11) is 0. The van der Waals surface area contributed by atoms with Gasteiger partial charge in [0.15, 0.2) is 0 Å². The molecule has 1 spiro atoms. The maximum atomic E-state index is 13.4. The Morgan fingerprint density at radius 1 is 1.07 bits per heavy atom. The van der Waals surface area contributed by atoms with Gasteiger partial charge in [0.25, 0.3) is 0 Å². The minimum Gasteiger partial charge on any atom is -0.481 e. The number of hydrogen-bond acceptors (Lipinski definition) is 3. The number of aliphatic carboxylic acids is 1. The number of fused-ring (bicyclic) bond motifs is 1. The van der Waals surface area contributed by atoms with E-state index in [0.717, 1.165) is 11.1 Å². The van der Waals surface area contributed by atoms with Crippen molar-refractivity contribution in [3.8, 4) is 0 Å². The lowest BCUT2D eigenvalue weighted by atomic mass is 9.77. The smallest absolute Gasteiger partial charge is 0.310 e. The number of nitrogens with zero attached hydrogens (tertiary/aromatic N) is 1. The van der Waals surface area contributed by atoms with Crippen LogP contribution >= 0.6 is 0 Å². The summed E-state index contributed by atoms with van der Waals surface area (Å²) < 4.78 is 6.03. The Hall–Kier alpha value is -2.92. The van der Waals surface area contributed by atoms with Crippen LogP contribution in [0.15, 0.2) is 72.8 Å². The molecule has 4 unspecified atom stereocenters. The summed E-state index contributed by atoms with van der Waals surface area (Å²) in [6, 6.07) is 19.4. The van der Waals surface area contributed by atoms with Crippen LogP contribution in [0, 0.1) is 11.8 Å². The molecule has 0 radical (unpaired) electrons. The van der Waals surface area contributed by atoms with Crippen molar-refractivity contribution in [1.82, 2.24) is 4.90 Å². The molecule has 0 aromatic heterocycles. The minimum absolute atomic E-state index is 0.146. The first-order chi connectivity index (χ1) is 13.1. The van der Waals surface area contributed by atoms with Gasteiger partial charge in [0, 0.05) is 0 Å². The molecule has 5 nitrogen and oxygen atoms in total. The Balaban J connectivity index is 1.59. The third-order valence-electron chi connectivity index (χ3n) is 5.96. The monoisotopic (exact) mass is 361 g/mol. The Labute approximate surface area is 156 Å². The summed E-state index contributed by atoms with van der Waals surface area (Å²) in [5.41, 5.74) is 1.17. The van der Waals surface area contributed by atoms with E-state index in [1.165, 1.54) is 0 Å². The predicted octanol–water partition coefficient (Wildman–Crippen LogP) is 2.64. The van der Waals surface area contributed by atoms with Crippen LogP contribution in [0.1, 0.15) is 17.2 Å². The number of likely N-dealkylation sites (tertiary alicyclic amines) is 1. The van der Waals surface area contributed by atoms with Gasteiger partial charge in [-0.2, -0.15) is 0 Å². The van der Waals surface area contributed by atoms with Crippen molar-refractivity contribution in [2.24, 2.45) is 11.8 Å². The third kappa shape index (κ3) is 2.28. The summed E-state index contributed by atoms with van der Waals surface area (Å²) in [6.45, 7) is 0.363. The molecule has 2 saturated heterocycles. The first kappa shape index (κ1) is 16.3. The highest BCUT2D eigenvalue weighted by Gasteiger charge is 2.67. The van der Waals surface area contributed by atoms with Crippen LogP contribution in [0.5, 0.6) is 0 Å². The second kappa shape index (κ2) is 5.79. The lowest BCUT2D eigenvalue weighted by Gasteiger charge is -2.31. The molecule has 5 rings (SSSR count). The summed E-state index contributed by atoms with van der Waals surface area (Å²) in [6.07, 6.45) is 3.18. The van der Waals surface area contributed by atoms with Crippen LogP contribution < -0.4 is 0 Å². The fraction of sp³-hybridized carbons (Fsp3) is 0.273. The summed E-state index contributed by atoms with van der Waals surface area (Å²) >= 11 is 0. The van der Waals surface area contributed by atoms with E-state index in [4.69, 9.17) is 4.74 Å². The largest absolute Gasteiger partial charge is 0.481 e. The van der Waals surface area contributed by atoms with Crippen molar-refractivity contribution in [3.05, 3.63) is 83.9 Å². The number of carboxylic acid groups (broad SMARTS) is 1. The topological polar surface area (TPSA) is 66.8 Å². The molecule has 1 N–H and O–H groups in total. The minimum atomic E-state index is -0.970. The van der Waals surface area contributed by atoms with Gasteiger partial charge in [0.1, 0.15) is 11.5 Å². The molecule has 2 aromatic carbocycles. The average Bonchev–Trinajstić information content (AvgIpc) is 3.32. The molecule has 27 heavy (non-hydrogen) atoms. The number of ether oxygens (including phenoxy) is 1. The van der Waals surface area contributed by atoms with Crippen LogP contribution in [-0.4, -0.2) is 40.1 Å². The summed E-state index contributed by atoms with van der Waals surface area (Å²) in [5.74, 6) is -2.60. The second-order valence-corrected chi connectivity index (χ2v) is 7.43.